The zero-order valence-electron chi connectivity index (χ0n) is 64.8. The standard InChI is InChI=1S/C80H156O17P2/c1-7-10-12-14-16-18-20-22-24-26-27-28-30-32-34-39-45-52-58-64-79(84)96-75(68-90-77(82)62-56-50-44-38-33-31-29-25-23-21-19-17-15-13-11-8-2)70-94-98(86,87)92-66-74(81)67-93-99(88,89)95-71-76(69-91-78(83)63-57-51-47-41-42-48-54-60-72(4)5)97-80(85)65-59-53-46-40-36-35-37-43-49-55-61-73(6)9-3/h72-76,81H,7-71H2,1-6H3,(H,86,87)(H,88,89)/t73?,74-,75-,76-/m1/s1. The van der Waals surface area contributed by atoms with Crippen LogP contribution in [0, 0.1) is 11.8 Å². The topological polar surface area (TPSA) is 237 Å². The fourth-order valence-electron chi connectivity index (χ4n) is 12.3. The van der Waals surface area contributed by atoms with Gasteiger partial charge in [-0.25, -0.2) is 9.13 Å². The molecule has 0 aliphatic heterocycles. The van der Waals surface area contributed by atoms with Crippen LogP contribution in [0.2, 0.25) is 0 Å². The quantitative estimate of drug-likeness (QED) is 0.0222. The van der Waals surface area contributed by atoms with Gasteiger partial charge in [-0.2, -0.15) is 0 Å². The van der Waals surface area contributed by atoms with Crippen molar-refractivity contribution in [2.45, 2.75) is 439 Å². The molecular weight excluding hydrogens is 1290 g/mol. The van der Waals surface area contributed by atoms with Gasteiger partial charge in [-0.1, -0.05) is 369 Å². The minimum Gasteiger partial charge on any atom is -0.462 e. The number of carbonyl (C=O) groups is 4. The predicted octanol–water partition coefficient (Wildman–Crippen LogP) is 23.9. The Morgan fingerprint density at radius 1 is 0.293 bits per heavy atom. The Kier molecular flexibility index (Phi) is 70.3. The lowest BCUT2D eigenvalue weighted by Crippen LogP contribution is -2.30. The summed E-state index contributed by atoms with van der Waals surface area (Å²) in [6.45, 7) is 9.60. The second-order valence-corrected chi connectivity index (χ2v) is 32.4. The molecule has 3 unspecified atom stereocenters. The van der Waals surface area contributed by atoms with Crippen LogP contribution < -0.4 is 0 Å². The predicted molar refractivity (Wildman–Crippen MR) is 405 cm³/mol. The number of carbonyl (C=O) groups excluding carboxylic acids is 4. The Labute approximate surface area is 607 Å². The lowest BCUT2D eigenvalue weighted by atomic mass is 9.99. The molecule has 0 aromatic rings. The molecule has 0 saturated heterocycles. The molecule has 99 heavy (non-hydrogen) atoms. The van der Waals surface area contributed by atoms with Crippen LogP contribution >= 0.6 is 15.6 Å². The van der Waals surface area contributed by atoms with E-state index in [1.54, 1.807) is 0 Å². The van der Waals surface area contributed by atoms with E-state index in [0.29, 0.717) is 31.6 Å². The molecule has 0 amide bonds. The van der Waals surface area contributed by atoms with E-state index in [-0.39, 0.29) is 25.7 Å². The van der Waals surface area contributed by atoms with Gasteiger partial charge in [0.2, 0.25) is 0 Å². The Morgan fingerprint density at radius 3 is 0.768 bits per heavy atom. The first-order valence-corrected chi connectivity index (χ1v) is 44.5. The van der Waals surface area contributed by atoms with Crippen molar-refractivity contribution in [2.75, 3.05) is 39.6 Å². The SMILES string of the molecule is CCCCCCCCCCCCCCCCCCCCCC(=O)O[C@H](COC(=O)CCCCCCCCCCCCCCCCCC)COP(=O)(O)OC[C@@H](O)COP(=O)(O)OC[C@@H](COC(=O)CCCCCCCCCC(C)C)OC(=O)CCCCCCCCCCCCC(C)CC. The molecule has 6 atom stereocenters. The second kappa shape index (κ2) is 71.7. The first-order valence-electron chi connectivity index (χ1n) is 41.5. The van der Waals surface area contributed by atoms with Gasteiger partial charge in [0.05, 0.1) is 26.4 Å². The second-order valence-electron chi connectivity index (χ2n) is 29.5. The molecule has 0 saturated carbocycles. The maximum Gasteiger partial charge on any atom is 0.472 e. The number of hydrogen-bond acceptors (Lipinski definition) is 15. The molecule has 0 aliphatic rings. The van der Waals surface area contributed by atoms with E-state index >= 15 is 0 Å². The van der Waals surface area contributed by atoms with Gasteiger partial charge in [0.25, 0.3) is 0 Å². The first kappa shape index (κ1) is 97.1. The molecule has 19 heteroatoms. The van der Waals surface area contributed by atoms with Crippen LogP contribution in [0.15, 0.2) is 0 Å². The number of phosphoric ester groups is 2. The van der Waals surface area contributed by atoms with Crippen LogP contribution in [0.25, 0.3) is 0 Å². The highest BCUT2D eigenvalue weighted by atomic mass is 31.2. The van der Waals surface area contributed by atoms with Crippen LogP contribution in [0.5, 0.6) is 0 Å². The van der Waals surface area contributed by atoms with E-state index in [4.69, 9.17) is 37.0 Å². The summed E-state index contributed by atoms with van der Waals surface area (Å²) in [6.07, 6.45) is 61.1. The number of aliphatic hydroxyl groups excluding tert-OH is 1. The number of hydrogen-bond donors (Lipinski definition) is 3. The van der Waals surface area contributed by atoms with Crippen molar-refractivity contribution in [3.8, 4) is 0 Å². The third-order valence-corrected chi connectivity index (χ3v) is 21.0. The number of rotatable bonds is 79. The molecule has 0 aliphatic carbocycles. The summed E-state index contributed by atoms with van der Waals surface area (Å²) < 4.78 is 68.7. The summed E-state index contributed by atoms with van der Waals surface area (Å²) in [5.41, 5.74) is 0. The minimum atomic E-state index is -4.96. The number of esters is 4. The van der Waals surface area contributed by atoms with Gasteiger partial charge in [0.15, 0.2) is 12.2 Å². The van der Waals surface area contributed by atoms with E-state index in [0.717, 1.165) is 102 Å². The molecule has 17 nitrogen and oxygen atoms in total. The Balaban J connectivity index is 5.24. The minimum absolute atomic E-state index is 0.106. The third-order valence-electron chi connectivity index (χ3n) is 19.1. The molecule has 0 radical (unpaired) electrons. The zero-order valence-corrected chi connectivity index (χ0v) is 66.6. The number of unbranched alkanes of at least 4 members (excludes halogenated alkanes) is 48. The van der Waals surface area contributed by atoms with Crippen molar-refractivity contribution < 1.29 is 80.2 Å². The average molecular weight is 1450 g/mol. The summed E-state index contributed by atoms with van der Waals surface area (Å²) >= 11 is 0. The maximum atomic E-state index is 13.1. The molecule has 0 fully saturated rings. The number of aliphatic hydroxyl groups is 1. The maximum absolute atomic E-state index is 13.1. The van der Waals surface area contributed by atoms with E-state index < -0.39 is 97.5 Å². The van der Waals surface area contributed by atoms with Crippen LogP contribution in [-0.2, 0) is 65.4 Å². The van der Waals surface area contributed by atoms with Crippen molar-refractivity contribution in [1.29, 1.82) is 0 Å². The van der Waals surface area contributed by atoms with E-state index in [1.165, 1.54) is 231 Å². The molecule has 0 heterocycles. The average Bonchev–Trinajstić information content (AvgIpc) is 0.961. The first-order chi connectivity index (χ1) is 47.9. The fraction of sp³-hybridized carbons (Fsp3) is 0.950. The summed E-state index contributed by atoms with van der Waals surface area (Å²) in [5, 5.41) is 10.6. The van der Waals surface area contributed by atoms with Gasteiger partial charge in [-0.15, -0.1) is 0 Å². The molecular formula is C80H156O17P2. The monoisotopic (exact) mass is 1450 g/mol. The van der Waals surface area contributed by atoms with Crippen molar-refractivity contribution in [2.24, 2.45) is 11.8 Å². The van der Waals surface area contributed by atoms with Gasteiger partial charge in [-0.3, -0.25) is 37.3 Å². The van der Waals surface area contributed by atoms with Gasteiger partial charge in [-0.05, 0) is 37.5 Å². The van der Waals surface area contributed by atoms with Gasteiger partial charge in [0, 0.05) is 25.7 Å². The smallest absolute Gasteiger partial charge is 0.462 e. The molecule has 0 bridgehead atoms. The van der Waals surface area contributed by atoms with Gasteiger partial charge >= 0.3 is 39.5 Å². The molecule has 0 rings (SSSR count). The van der Waals surface area contributed by atoms with Gasteiger partial charge in [0.1, 0.15) is 19.3 Å². The third kappa shape index (κ3) is 72.8. The lowest BCUT2D eigenvalue weighted by molar-refractivity contribution is -0.161. The Morgan fingerprint density at radius 2 is 0.515 bits per heavy atom. The number of ether oxygens (including phenoxy) is 4. The fourth-order valence-corrected chi connectivity index (χ4v) is 13.9. The lowest BCUT2D eigenvalue weighted by Gasteiger charge is -2.21. The van der Waals surface area contributed by atoms with Crippen LogP contribution in [0.3, 0.4) is 0 Å². The Hall–Kier alpha value is -1.94. The van der Waals surface area contributed by atoms with Crippen molar-refractivity contribution >= 4 is 39.5 Å². The van der Waals surface area contributed by atoms with E-state index in [2.05, 4.69) is 41.5 Å². The molecule has 588 valence electrons. The molecule has 0 aromatic heterocycles. The zero-order chi connectivity index (χ0) is 72.8. The Bertz CT molecular complexity index is 1910. The van der Waals surface area contributed by atoms with E-state index in [1.807, 2.05) is 0 Å². The van der Waals surface area contributed by atoms with Crippen LogP contribution in [-0.4, -0.2) is 96.7 Å². The molecule has 3 N–H and O–H groups in total. The van der Waals surface area contributed by atoms with Gasteiger partial charge < -0.3 is 33.8 Å². The summed E-state index contributed by atoms with van der Waals surface area (Å²) in [7, 11) is -9.92. The largest absolute Gasteiger partial charge is 0.472 e. The highest BCUT2D eigenvalue weighted by Gasteiger charge is 2.30. The summed E-state index contributed by atoms with van der Waals surface area (Å²) in [5.74, 6) is -0.603. The molecule has 0 spiro atoms. The summed E-state index contributed by atoms with van der Waals surface area (Å²) in [4.78, 5) is 73.0. The van der Waals surface area contributed by atoms with Crippen molar-refractivity contribution in [3.05, 3.63) is 0 Å². The highest BCUT2D eigenvalue weighted by Crippen LogP contribution is 2.45. The number of phosphoric acid groups is 2. The van der Waals surface area contributed by atoms with Crippen LogP contribution in [0.1, 0.15) is 420 Å². The highest BCUT2D eigenvalue weighted by molar-refractivity contribution is 7.47. The molecule has 0 aromatic carbocycles. The van der Waals surface area contributed by atoms with Crippen molar-refractivity contribution in [1.82, 2.24) is 0 Å². The van der Waals surface area contributed by atoms with Crippen molar-refractivity contribution in [3.63, 3.8) is 0 Å². The summed E-state index contributed by atoms with van der Waals surface area (Å²) in [6, 6.07) is 0. The van der Waals surface area contributed by atoms with E-state index in [9.17, 15) is 43.2 Å². The van der Waals surface area contributed by atoms with Crippen LogP contribution in [0.4, 0.5) is 0 Å². The normalized spacial score (nSPS) is 14.2.